The van der Waals surface area contributed by atoms with Gasteiger partial charge in [0.1, 0.15) is 5.82 Å². The van der Waals surface area contributed by atoms with Gasteiger partial charge in [-0.05, 0) is 28.1 Å². The first-order chi connectivity index (χ1) is 5.52. The van der Waals surface area contributed by atoms with Crippen LogP contribution in [0.5, 0.6) is 0 Å². The summed E-state index contributed by atoms with van der Waals surface area (Å²) in [5.41, 5.74) is -0.508. The summed E-state index contributed by atoms with van der Waals surface area (Å²) in [6, 6.07) is 1.98. The Kier molecular flexibility index (Phi) is 2.69. The fourth-order valence-corrected chi connectivity index (χ4v) is 1.17. The van der Waals surface area contributed by atoms with Gasteiger partial charge in [-0.25, -0.2) is 4.39 Å². The molecule has 2 nitrogen and oxygen atoms in total. The van der Waals surface area contributed by atoms with Crippen LogP contribution in [0.25, 0.3) is 0 Å². The van der Waals surface area contributed by atoms with E-state index in [4.69, 9.17) is 11.6 Å². The van der Waals surface area contributed by atoms with Gasteiger partial charge in [-0.1, -0.05) is 11.6 Å². The second-order valence-corrected chi connectivity index (χ2v) is 3.30. The van der Waals surface area contributed by atoms with Gasteiger partial charge in [0.05, 0.1) is 11.0 Å². The maximum atomic E-state index is 12.8. The van der Waals surface area contributed by atoms with Crippen LogP contribution in [0.3, 0.4) is 0 Å². The fraction of sp³-hybridized carbons (Fsp3) is 0. The zero-order valence-electron chi connectivity index (χ0n) is 5.61. The maximum Gasteiger partial charge on any atom is 0.133 e. The summed E-state index contributed by atoms with van der Waals surface area (Å²) in [5, 5.41) is 10.4. The molecular weight excluding hydrogens is 250 g/mol. The lowest BCUT2D eigenvalue weighted by Crippen LogP contribution is -2.23. The zero-order chi connectivity index (χ0) is 9.30. The average Bonchev–Trinajstić information content (AvgIpc) is 1.96. The topological polar surface area (TPSA) is 40.1 Å². The molecule has 64 valence electrons. The number of carbonyl (C=O) groups excluding carboxylic acids is 1. The minimum absolute atomic E-state index is 0.123. The monoisotopic (exact) mass is 251 g/mol. The molecule has 12 heavy (non-hydrogen) atoms. The van der Waals surface area contributed by atoms with E-state index in [-0.39, 0.29) is 5.02 Å². The van der Waals surface area contributed by atoms with E-state index in [0.717, 1.165) is 12.1 Å². The lowest BCUT2D eigenvalue weighted by atomic mass is 10.2. The Morgan fingerprint density at radius 1 is 1.58 bits per heavy atom. The molecule has 1 rings (SSSR count). The highest BCUT2D eigenvalue weighted by molar-refractivity contribution is 9.10. The predicted octanol–water partition coefficient (Wildman–Crippen LogP) is 1.61. The number of carboxylic acid groups (broad SMARTS) is 1. The Labute approximate surface area is 81.1 Å². The molecule has 0 aliphatic carbocycles. The first-order valence-corrected chi connectivity index (χ1v) is 4.05. The van der Waals surface area contributed by atoms with E-state index in [0.29, 0.717) is 4.47 Å². The van der Waals surface area contributed by atoms with Crippen molar-refractivity contribution in [1.29, 1.82) is 0 Å². The molecule has 0 fully saturated rings. The predicted molar refractivity (Wildman–Crippen MR) is 43.4 cm³/mol. The van der Waals surface area contributed by atoms with Gasteiger partial charge in [0.2, 0.25) is 0 Å². The molecule has 1 aromatic rings. The fourth-order valence-electron chi connectivity index (χ4n) is 0.679. The van der Waals surface area contributed by atoms with Gasteiger partial charge >= 0.3 is 0 Å². The quantitative estimate of drug-likeness (QED) is 0.712. The summed E-state index contributed by atoms with van der Waals surface area (Å²) in [7, 11) is 0. The second kappa shape index (κ2) is 3.41. The molecule has 0 spiro atoms. The smallest absolute Gasteiger partial charge is 0.133 e. The van der Waals surface area contributed by atoms with Crippen LogP contribution in [0, 0.1) is 5.82 Å². The van der Waals surface area contributed by atoms with Crippen molar-refractivity contribution in [3.8, 4) is 0 Å². The van der Waals surface area contributed by atoms with Crippen molar-refractivity contribution in [2.45, 2.75) is 0 Å². The van der Waals surface area contributed by atoms with Crippen molar-refractivity contribution in [3.05, 3.63) is 33.0 Å². The summed E-state index contributed by atoms with van der Waals surface area (Å²) < 4.78 is 13.1. The summed E-state index contributed by atoms with van der Waals surface area (Å²) >= 11 is 8.45. The van der Waals surface area contributed by atoms with Crippen LogP contribution in [0.4, 0.5) is 4.39 Å². The van der Waals surface area contributed by atoms with Gasteiger partial charge in [0, 0.05) is 10.0 Å². The second-order valence-electron chi connectivity index (χ2n) is 2.03. The van der Waals surface area contributed by atoms with Gasteiger partial charge < -0.3 is 9.90 Å². The van der Waals surface area contributed by atoms with E-state index in [2.05, 4.69) is 15.9 Å². The van der Waals surface area contributed by atoms with E-state index in [1.165, 1.54) is 0 Å². The molecule has 0 radical (unpaired) electrons. The number of benzene rings is 1. The van der Waals surface area contributed by atoms with Crippen molar-refractivity contribution in [3.63, 3.8) is 0 Å². The van der Waals surface area contributed by atoms with Crippen LogP contribution < -0.4 is 5.11 Å². The minimum Gasteiger partial charge on any atom is -0.545 e. The highest BCUT2D eigenvalue weighted by Crippen LogP contribution is 2.25. The molecule has 1 aromatic carbocycles. The van der Waals surface area contributed by atoms with Crippen LogP contribution in [0.1, 0.15) is 10.4 Å². The van der Waals surface area contributed by atoms with Crippen LogP contribution in [0.2, 0.25) is 5.02 Å². The number of rotatable bonds is 1. The maximum absolute atomic E-state index is 12.8. The van der Waals surface area contributed by atoms with Crippen molar-refractivity contribution in [1.82, 2.24) is 0 Å². The molecule has 0 aliphatic rings. The SMILES string of the molecule is O=C([O-])c1cc(Br)c(Cl)cc1F. The average molecular weight is 252 g/mol. The summed E-state index contributed by atoms with van der Waals surface area (Å²) in [5.74, 6) is -2.46. The summed E-state index contributed by atoms with van der Waals surface area (Å²) in [6.07, 6.45) is 0. The third-order valence-corrected chi connectivity index (χ3v) is 2.43. The van der Waals surface area contributed by atoms with Crippen molar-refractivity contribution in [2.24, 2.45) is 0 Å². The Morgan fingerprint density at radius 3 is 2.67 bits per heavy atom. The highest BCUT2D eigenvalue weighted by Gasteiger charge is 2.06. The Morgan fingerprint density at radius 2 is 2.17 bits per heavy atom. The van der Waals surface area contributed by atoms with E-state index in [1.54, 1.807) is 0 Å². The molecule has 0 unspecified atom stereocenters. The van der Waals surface area contributed by atoms with Gasteiger partial charge in [0.25, 0.3) is 0 Å². The van der Waals surface area contributed by atoms with Crippen molar-refractivity contribution in [2.75, 3.05) is 0 Å². The van der Waals surface area contributed by atoms with Gasteiger partial charge in [0.15, 0.2) is 0 Å². The number of aromatic carboxylic acids is 1. The van der Waals surface area contributed by atoms with E-state index in [1.807, 2.05) is 0 Å². The number of halogens is 3. The molecule has 0 amide bonds. The molecule has 0 heterocycles. The number of carboxylic acids is 1. The van der Waals surface area contributed by atoms with Crippen LogP contribution in [-0.2, 0) is 0 Å². The standard InChI is InChI=1S/C7H3BrClFO2/c8-4-1-3(7(11)12)6(10)2-5(4)9/h1-2H,(H,11,12)/p-1. The Balaban J connectivity index is 3.33. The van der Waals surface area contributed by atoms with E-state index in [9.17, 15) is 14.3 Å². The van der Waals surface area contributed by atoms with Crippen LogP contribution in [0.15, 0.2) is 16.6 Å². The molecule has 5 heteroatoms. The summed E-state index contributed by atoms with van der Waals surface area (Å²) in [6.45, 7) is 0. The number of carbonyl (C=O) groups is 1. The molecule has 0 saturated heterocycles. The first-order valence-electron chi connectivity index (χ1n) is 2.88. The van der Waals surface area contributed by atoms with Gasteiger partial charge in [-0.3, -0.25) is 0 Å². The molecule has 0 N–H and O–H groups in total. The molecule has 0 aliphatic heterocycles. The molecular formula is C7H2BrClFO2-. The Hall–Kier alpha value is -0.610. The lowest BCUT2D eigenvalue weighted by Gasteiger charge is -2.05. The lowest BCUT2D eigenvalue weighted by molar-refractivity contribution is -0.255. The van der Waals surface area contributed by atoms with Crippen LogP contribution in [-0.4, -0.2) is 5.97 Å². The number of hydrogen-bond donors (Lipinski definition) is 0. The molecule has 0 aromatic heterocycles. The van der Waals surface area contributed by atoms with E-state index >= 15 is 0 Å². The molecule has 0 saturated carbocycles. The van der Waals surface area contributed by atoms with Crippen molar-refractivity contribution < 1.29 is 14.3 Å². The molecule has 0 atom stereocenters. The third kappa shape index (κ3) is 1.76. The molecule has 0 bridgehead atoms. The Bertz CT molecular complexity index is 340. The van der Waals surface area contributed by atoms with Crippen molar-refractivity contribution >= 4 is 33.5 Å². The van der Waals surface area contributed by atoms with Crippen LogP contribution >= 0.6 is 27.5 Å². The largest absolute Gasteiger partial charge is 0.545 e. The minimum atomic E-state index is -1.56. The third-order valence-electron chi connectivity index (χ3n) is 1.23. The van der Waals surface area contributed by atoms with E-state index < -0.39 is 17.3 Å². The zero-order valence-corrected chi connectivity index (χ0v) is 7.95. The highest BCUT2D eigenvalue weighted by atomic mass is 79.9. The summed E-state index contributed by atoms with van der Waals surface area (Å²) in [4.78, 5) is 10.3. The first kappa shape index (κ1) is 9.48. The van der Waals surface area contributed by atoms with Gasteiger partial charge in [-0.2, -0.15) is 0 Å². The number of hydrogen-bond acceptors (Lipinski definition) is 2. The van der Waals surface area contributed by atoms with Gasteiger partial charge in [-0.15, -0.1) is 0 Å². The normalized spacial score (nSPS) is 9.92.